The first-order valence-corrected chi connectivity index (χ1v) is 14.3. The van der Waals surface area contributed by atoms with Gasteiger partial charge >= 0.3 is 0 Å². The van der Waals surface area contributed by atoms with E-state index in [0.717, 1.165) is 50.5 Å². The minimum Gasteiger partial charge on any atom is -0.351 e. The van der Waals surface area contributed by atoms with Gasteiger partial charge in [-0.1, -0.05) is 75.1 Å². The Morgan fingerprint density at radius 3 is 2.37 bits per heavy atom. The highest BCUT2D eigenvalue weighted by Crippen LogP contribution is 2.30. The fraction of sp³-hybridized carbons (Fsp3) is 0.533. The summed E-state index contributed by atoms with van der Waals surface area (Å²) in [7, 11) is 0. The lowest BCUT2D eigenvalue weighted by Crippen LogP contribution is -2.47. The van der Waals surface area contributed by atoms with Gasteiger partial charge in [-0.2, -0.15) is 0 Å². The maximum atomic E-state index is 13.9. The molecule has 4 rings (SSSR count). The van der Waals surface area contributed by atoms with Gasteiger partial charge in [0.15, 0.2) is 0 Å². The second-order valence-electron chi connectivity index (χ2n) is 10.4. The Bertz CT molecular complexity index is 988. The monoisotopic (exact) mass is 492 g/mol. The molecule has 1 heterocycles. The van der Waals surface area contributed by atoms with Gasteiger partial charge in [0.05, 0.1) is 4.88 Å². The van der Waals surface area contributed by atoms with Crippen molar-refractivity contribution in [2.24, 2.45) is 0 Å². The number of rotatable bonds is 9. The van der Waals surface area contributed by atoms with Gasteiger partial charge in [0.1, 0.15) is 6.04 Å². The molecule has 1 atom stereocenters. The van der Waals surface area contributed by atoms with Gasteiger partial charge in [-0.15, -0.1) is 11.3 Å². The van der Waals surface area contributed by atoms with Crippen molar-refractivity contribution in [1.29, 1.82) is 0 Å². The first-order chi connectivity index (χ1) is 17.0. The Hall–Kier alpha value is -2.40. The number of allylic oxidation sites excluding steroid dienone is 1. The van der Waals surface area contributed by atoms with Crippen molar-refractivity contribution in [3.05, 3.63) is 69.4 Å². The summed E-state index contributed by atoms with van der Waals surface area (Å²) in [5.41, 5.74) is 3.55. The number of carbonyl (C=O) groups excluding carboxylic acids is 2. The second kappa shape index (κ2) is 12.5. The molecule has 2 aromatic rings. The normalized spacial score (nSPS) is 17.6. The number of nitrogens with zero attached hydrogens (tertiary/aromatic N) is 1. The molecule has 0 saturated heterocycles. The van der Waals surface area contributed by atoms with Gasteiger partial charge in [0.2, 0.25) is 5.91 Å². The minimum absolute atomic E-state index is 0.0447. The average molecular weight is 493 g/mol. The molecule has 1 aromatic heterocycles. The molecule has 2 amide bonds. The van der Waals surface area contributed by atoms with Crippen molar-refractivity contribution in [1.82, 2.24) is 10.2 Å². The van der Waals surface area contributed by atoms with E-state index in [0.29, 0.717) is 17.3 Å². The molecule has 0 aliphatic heterocycles. The highest BCUT2D eigenvalue weighted by Gasteiger charge is 2.33. The van der Waals surface area contributed by atoms with Crippen molar-refractivity contribution in [2.75, 3.05) is 6.54 Å². The van der Waals surface area contributed by atoms with Crippen LogP contribution in [0.1, 0.15) is 111 Å². The molecule has 0 radical (unpaired) electrons. The van der Waals surface area contributed by atoms with Crippen LogP contribution in [-0.2, 0) is 4.79 Å². The molecule has 188 valence electrons. The molecule has 4 nitrogen and oxygen atoms in total. The molecular formula is C30H40N2O2S. The van der Waals surface area contributed by atoms with E-state index < -0.39 is 6.04 Å². The van der Waals surface area contributed by atoms with Crippen molar-refractivity contribution in [3.8, 4) is 0 Å². The van der Waals surface area contributed by atoms with E-state index >= 15 is 0 Å². The van der Waals surface area contributed by atoms with Crippen LogP contribution < -0.4 is 5.32 Å². The second-order valence-corrected chi connectivity index (χ2v) is 11.3. The van der Waals surface area contributed by atoms with Crippen LogP contribution in [0.4, 0.5) is 0 Å². The first-order valence-electron chi connectivity index (χ1n) is 13.5. The minimum atomic E-state index is -0.628. The Kier molecular flexibility index (Phi) is 9.19. The van der Waals surface area contributed by atoms with Crippen LogP contribution in [0.25, 0.3) is 0 Å². The molecule has 0 bridgehead atoms. The Morgan fingerprint density at radius 1 is 1.00 bits per heavy atom. The van der Waals surface area contributed by atoms with Crippen LogP contribution >= 0.6 is 11.3 Å². The highest BCUT2D eigenvalue weighted by molar-refractivity contribution is 7.12. The van der Waals surface area contributed by atoms with Crippen molar-refractivity contribution in [2.45, 2.75) is 96.1 Å². The van der Waals surface area contributed by atoms with E-state index in [9.17, 15) is 9.59 Å². The summed E-state index contributed by atoms with van der Waals surface area (Å²) in [6.07, 6.45) is 13.5. The Morgan fingerprint density at radius 2 is 1.74 bits per heavy atom. The van der Waals surface area contributed by atoms with Gasteiger partial charge in [0.25, 0.3) is 5.91 Å². The van der Waals surface area contributed by atoms with Crippen LogP contribution in [0.3, 0.4) is 0 Å². The maximum absolute atomic E-state index is 13.9. The van der Waals surface area contributed by atoms with E-state index in [-0.39, 0.29) is 17.9 Å². The summed E-state index contributed by atoms with van der Waals surface area (Å²) in [4.78, 5) is 30.2. The lowest BCUT2D eigenvalue weighted by atomic mass is 9.93. The molecule has 0 spiro atoms. The molecule has 5 heteroatoms. The molecule has 1 aromatic carbocycles. The summed E-state index contributed by atoms with van der Waals surface area (Å²) >= 11 is 1.45. The average Bonchev–Trinajstić information content (AvgIpc) is 3.42. The lowest BCUT2D eigenvalue weighted by Gasteiger charge is -2.34. The molecule has 35 heavy (non-hydrogen) atoms. The molecule has 1 saturated carbocycles. The van der Waals surface area contributed by atoms with E-state index in [1.807, 2.05) is 22.4 Å². The zero-order valence-electron chi connectivity index (χ0n) is 21.3. The summed E-state index contributed by atoms with van der Waals surface area (Å²) in [6.45, 7) is 4.90. The smallest absolute Gasteiger partial charge is 0.264 e. The number of benzene rings is 1. The Balaban J connectivity index is 1.65. The third kappa shape index (κ3) is 6.84. The van der Waals surface area contributed by atoms with Crippen molar-refractivity contribution in [3.63, 3.8) is 0 Å². The van der Waals surface area contributed by atoms with Crippen LogP contribution in [0, 0.1) is 0 Å². The molecule has 0 unspecified atom stereocenters. The number of nitrogens with one attached hydrogen (secondary N) is 1. The van der Waals surface area contributed by atoms with Gasteiger partial charge in [-0.05, 0) is 73.4 Å². The van der Waals surface area contributed by atoms with Crippen molar-refractivity contribution >= 4 is 23.2 Å². The summed E-state index contributed by atoms with van der Waals surface area (Å²) in [5, 5.41) is 5.26. The van der Waals surface area contributed by atoms with Crippen LogP contribution in [0.15, 0.2) is 53.4 Å². The highest BCUT2D eigenvalue weighted by atomic mass is 32.1. The maximum Gasteiger partial charge on any atom is 0.264 e. The lowest BCUT2D eigenvalue weighted by molar-refractivity contribution is -0.126. The van der Waals surface area contributed by atoms with Gasteiger partial charge < -0.3 is 10.2 Å². The third-order valence-electron chi connectivity index (χ3n) is 7.48. The molecule has 1 N–H and O–H groups in total. The van der Waals surface area contributed by atoms with E-state index in [4.69, 9.17) is 0 Å². The van der Waals surface area contributed by atoms with Gasteiger partial charge in [-0.3, -0.25) is 9.59 Å². The van der Waals surface area contributed by atoms with Crippen molar-refractivity contribution < 1.29 is 9.59 Å². The van der Waals surface area contributed by atoms with Crippen LogP contribution in [-0.4, -0.2) is 29.3 Å². The molecular weight excluding hydrogens is 452 g/mol. The SMILES string of the molecule is CC(C)c1ccc([C@@H](C(=O)NC2CCCCC2)N(CCC2=CCCCC2)C(=O)c2cccs2)cc1. The molecule has 2 aliphatic carbocycles. The van der Waals surface area contributed by atoms with E-state index in [1.54, 1.807) is 0 Å². The number of thiophene rings is 1. The fourth-order valence-electron chi connectivity index (χ4n) is 5.35. The summed E-state index contributed by atoms with van der Waals surface area (Å²) in [5.74, 6) is 0.325. The number of carbonyl (C=O) groups is 2. The third-order valence-corrected chi connectivity index (χ3v) is 8.34. The predicted molar refractivity (Wildman–Crippen MR) is 145 cm³/mol. The number of hydrogen-bond donors (Lipinski definition) is 1. The van der Waals surface area contributed by atoms with Gasteiger partial charge in [0, 0.05) is 12.6 Å². The topological polar surface area (TPSA) is 49.4 Å². The zero-order valence-corrected chi connectivity index (χ0v) is 22.1. The molecule has 1 fully saturated rings. The standard InChI is InChI=1S/C30H40N2O2S/c1-22(2)24-15-17-25(18-16-24)28(29(33)31-26-12-7-4-8-13-26)32(30(34)27-14-9-21-35-27)20-19-23-10-5-3-6-11-23/h9-10,14-18,21-22,26,28H,3-8,11-13,19-20H2,1-2H3,(H,31,33)/t28-/m0/s1. The summed E-state index contributed by atoms with van der Waals surface area (Å²) in [6, 6.07) is 11.7. The van der Waals surface area contributed by atoms with Gasteiger partial charge in [-0.25, -0.2) is 0 Å². The van der Waals surface area contributed by atoms with E-state index in [1.165, 1.54) is 41.7 Å². The quantitative estimate of drug-likeness (QED) is 0.371. The predicted octanol–water partition coefficient (Wildman–Crippen LogP) is 7.39. The van der Waals surface area contributed by atoms with Crippen LogP contribution in [0.2, 0.25) is 0 Å². The first kappa shape index (κ1) is 25.7. The van der Waals surface area contributed by atoms with Crippen LogP contribution in [0.5, 0.6) is 0 Å². The number of hydrogen-bond acceptors (Lipinski definition) is 3. The summed E-state index contributed by atoms with van der Waals surface area (Å²) < 4.78 is 0. The zero-order chi connectivity index (χ0) is 24.6. The molecule has 2 aliphatic rings. The largest absolute Gasteiger partial charge is 0.351 e. The number of amides is 2. The van der Waals surface area contributed by atoms with E-state index in [2.05, 4.69) is 49.5 Å². The Labute approximate surface area is 214 Å². The fourth-order valence-corrected chi connectivity index (χ4v) is 6.03.